The molecule has 1 aromatic carbocycles. The fourth-order valence-corrected chi connectivity index (χ4v) is 3.31. The van der Waals surface area contributed by atoms with Crippen molar-refractivity contribution in [2.24, 2.45) is 0 Å². The van der Waals surface area contributed by atoms with E-state index in [1.165, 1.54) is 4.90 Å². The van der Waals surface area contributed by atoms with E-state index in [2.05, 4.69) is 34.5 Å². The molecule has 0 aliphatic heterocycles. The third-order valence-electron chi connectivity index (χ3n) is 3.43. The predicted molar refractivity (Wildman–Crippen MR) is 91.8 cm³/mol. The Kier molecular flexibility index (Phi) is 4.62. The summed E-state index contributed by atoms with van der Waals surface area (Å²) in [6.07, 6.45) is 3.46. The van der Waals surface area contributed by atoms with Gasteiger partial charge in [0.15, 0.2) is 5.65 Å². The summed E-state index contributed by atoms with van der Waals surface area (Å²) in [6.45, 7) is 4.51. The van der Waals surface area contributed by atoms with Crippen LogP contribution in [-0.2, 0) is 0 Å². The first kappa shape index (κ1) is 15.6. The molecule has 0 saturated carbocycles. The molecule has 0 aliphatic carbocycles. The summed E-state index contributed by atoms with van der Waals surface area (Å²) in [6, 6.07) is 12.0. The van der Waals surface area contributed by atoms with Crippen LogP contribution in [0.1, 0.15) is 23.0 Å². The summed E-state index contributed by atoms with van der Waals surface area (Å²) in [4.78, 5) is 17.9. The largest absolute Gasteiger partial charge is 0.351 e. The number of nitrogens with one attached hydrogen (secondary N) is 1. The van der Waals surface area contributed by atoms with E-state index >= 15 is 0 Å². The fourth-order valence-electron chi connectivity index (χ4n) is 2.36. The van der Waals surface area contributed by atoms with Crippen molar-refractivity contribution in [3.63, 3.8) is 0 Å². The molecule has 0 fully saturated rings. The van der Waals surface area contributed by atoms with Gasteiger partial charge in [-0.3, -0.25) is 4.79 Å². The lowest BCUT2D eigenvalue weighted by molar-refractivity contribution is 0.0955. The molecule has 6 heteroatoms. The molecule has 1 amide bonds. The highest BCUT2D eigenvalue weighted by Crippen LogP contribution is 2.22. The summed E-state index contributed by atoms with van der Waals surface area (Å²) < 4.78 is 1.63. The second-order valence-electron chi connectivity index (χ2n) is 5.30. The quantitative estimate of drug-likeness (QED) is 0.732. The lowest BCUT2D eigenvalue weighted by Crippen LogP contribution is -2.29. The Morgan fingerprint density at radius 2 is 2.09 bits per heavy atom. The Morgan fingerprint density at radius 3 is 2.87 bits per heavy atom. The number of aromatic nitrogens is 3. The number of thioether (sulfide) groups is 1. The monoisotopic (exact) mass is 326 g/mol. The molecule has 0 spiro atoms. The van der Waals surface area contributed by atoms with E-state index in [0.29, 0.717) is 23.4 Å². The molecule has 5 nitrogen and oxygen atoms in total. The second-order valence-corrected chi connectivity index (χ2v) is 6.81. The molecule has 0 radical (unpaired) electrons. The van der Waals surface area contributed by atoms with Crippen molar-refractivity contribution in [3.8, 4) is 0 Å². The first-order chi connectivity index (χ1) is 11.1. The molecule has 0 aliphatic rings. The predicted octanol–water partition coefficient (Wildman–Crippen LogP) is 2.95. The van der Waals surface area contributed by atoms with Gasteiger partial charge in [-0.25, -0.2) is 9.50 Å². The number of hydrogen-bond donors (Lipinski definition) is 1. The zero-order valence-corrected chi connectivity index (χ0v) is 13.9. The van der Waals surface area contributed by atoms with Crippen LogP contribution in [0.5, 0.6) is 0 Å². The Hall–Kier alpha value is -2.34. The van der Waals surface area contributed by atoms with E-state index in [0.717, 1.165) is 0 Å². The van der Waals surface area contributed by atoms with Crippen LogP contribution in [0, 0.1) is 6.92 Å². The number of hydrogen-bond acceptors (Lipinski definition) is 4. The number of fused-ring (bicyclic) bond motifs is 1. The molecule has 0 bridgehead atoms. The highest BCUT2D eigenvalue weighted by molar-refractivity contribution is 8.00. The van der Waals surface area contributed by atoms with Crippen LogP contribution in [0.25, 0.3) is 5.65 Å². The third-order valence-corrected chi connectivity index (χ3v) is 4.54. The number of carbonyl (C=O) groups is 1. The molecule has 1 N–H and O–H groups in total. The first-order valence-electron chi connectivity index (χ1n) is 7.45. The van der Waals surface area contributed by atoms with Gasteiger partial charge in [0.25, 0.3) is 5.91 Å². The van der Waals surface area contributed by atoms with Gasteiger partial charge in [0.05, 0.1) is 5.69 Å². The maximum absolute atomic E-state index is 12.5. The van der Waals surface area contributed by atoms with Crippen molar-refractivity contribution >= 4 is 23.3 Å². The van der Waals surface area contributed by atoms with Crippen molar-refractivity contribution in [2.75, 3.05) is 6.54 Å². The lowest BCUT2D eigenvalue weighted by Gasteiger charge is -2.12. The number of benzene rings is 1. The van der Waals surface area contributed by atoms with E-state index in [1.807, 2.05) is 25.1 Å². The van der Waals surface area contributed by atoms with Gasteiger partial charge in [-0.1, -0.05) is 25.1 Å². The van der Waals surface area contributed by atoms with Gasteiger partial charge in [-0.2, -0.15) is 5.10 Å². The molecule has 3 aromatic rings. The van der Waals surface area contributed by atoms with Crippen molar-refractivity contribution in [2.45, 2.75) is 24.0 Å². The van der Waals surface area contributed by atoms with Crippen LogP contribution in [0.4, 0.5) is 0 Å². The maximum atomic E-state index is 12.5. The van der Waals surface area contributed by atoms with Gasteiger partial charge in [0.2, 0.25) is 0 Å². The van der Waals surface area contributed by atoms with E-state index in [1.54, 1.807) is 34.7 Å². The smallest absolute Gasteiger partial charge is 0.257 e. The number of aryl methyl sites for hydroxylation is 1. The van der Waals surface area contributed by atoms with Crippen molar-refractivity contribution < 1.29 is 4.79 Å². The number of rotatable bonds is 5. The molecule has 2 aromatic heterocycles. The minimum Gasteiger partial charge on any atom is -0.351 e. The van der Waals surface area contributed by atoms with E-state index in [9.17, 15) is 4.79 Å². The van der Waals surface area contributed by atoms with Crippen LogP contribution >= 0.6 is 11.8 Å². The number of carbonyl (C=O) groups excluding carboxylic acids is 1. The highest BCUT2D eigenvalue weighted by atomic mass is 32.2. The Bertz CT molecular complexity index is 816. The SMILES string of the molecule is Cc1nn2cccnc2c1C(=O)NC[C@@H](C)Sc1ccccc1. The van der Waals surface area contributed by atoms with Crippen LogP contribution in [0.2, 0.25) is 0 Å². The summed E-state index contributed by atoms with van der Waals surface area (Å²) in [5.74, 6) is -0.128. The standard InChI is InChI=1S/C17H18N4OS/c1-12(23-14-7-4-3-5-8-14)11-19-17(22)15-13(2)20-21-10-6-9-18-16(15)21/h3-10,12H,11H2,1-2H3,(H,19,22)/t12-/m1/s1. The van der Waals surface area contributed by atoms with Crippen molar-refractivity contribution in [3.05, 3.63) is 60.0 Å². The molecule has 3 rings (SSSR count). The summed E-state index contributed by atoms with van der Waals surface area (Å²) in [5.41, 5.74) is 1.82. The van der Waals surface area contributed by atoms with Gasteiger partial charge in [-0.05, 0) is 25.1 Å². The molecule has 2 heterocycles. The minimum atomic E-state index is -0.128. The zero-order valence-electron chi connectivity index (χ0n) is 13.1. The topological polar surface area (TPSA) is 59.3 Å². The van der Waals surface area contributed by atoms with Crippen molar-refractivity contribution in [1.29, 1.82) is 0 Å². The summed E-state index contributed by atoms with van der Waals surface area (Å²) in [7, 11) is 0. The third kappa shape index (κ3) is 3.53. The summed E-state index contributed by atoms with van der Waals surface area (Å²) >= 11 is 1.74. The fraction of sp³-hybridized carbons (Fsp3) is 0.235. The number of nitrogens with zero attached hydrogens (tertiary/aromatic N) is 3. The Labute approximate surface area is 139 Å². The molecule has 23 heavy (non-hydrogen) atoms. The minimum absolute atomic E-state index is 0.128. The Balaban J connectivity index is 1.66. The number of amides is 1. The van der Waals surface area contributed by atoms with E-state index in [4.69, 9.17) is 0 Å². The summed E-state index contributed by atoms with van der Waals surface area (Å²) in [5, 5.41) is 7.58. The average Bonchev–Trinajstić information content (AvgIpc) is 2.89. The zero-order chi connectivity index (χ0) is 16.2. The second kappa shape index (κ2) is 6.83. The molecule has 0 unspecified atom stereocenters. The van der Waals surface area contributed by atoms with Gasteiger partial charge in [0, 0.05) is 29.1 Å². The normalized spacial score (nSPS) is 12.3. The average molecular weight is 326 g/mol. The van der Waals surface area contributed by atoms with E-state index < -0.39 is 0 Å². The lowest BCUT2D eigenvalue weighted by atomic mass is 10.2. The molecular weight excluding hydrogens is 308 g/mol. The van der Waals surface area contributed by atoms with Crippen LogP contribution in [-0.4, -0.2) is 32.3 Å². The Morgan fingerprint density at radius 1 is 1.30 bits per heavy atom. The van der Waals surface area contributed by atoms with Gasteiger partial charge in [0.1, 0.15) is 5.56 Å². The maximum Gasteiger partial charge on any atom is 0.257 e. The molecular formula is C17H18N4OS. The van der Waals surface area contributed by atoms with Gasteiger partial charge >= 0.3 is 0 Å². The van der Waals surface area contributed by atoms with E-state index in [-0.39, 0.29) is 11.2 Å². The van der Waals surface area contributed by atoms with Gasteiger partial charge in [-0.15, -0.1) is 11.8 Å². The van der Waals surface area contributed by atoms with Crippen LogP contribution < -0.4 is 5.32 Å². The van der Waals surface area contributed by atoms with Crippen molar-refractivity contribution in [1.82, 2.24) is 19.9 Å². The van der Waals surface area contributed by atoms with Gasteiger partial charge < -0.3 is 5.32 Å². The first-order valence-corrected chi connectivity index (χ1v) is 8.33. The van der Waals surface area contributed by atoms with Crippen LogP contribution in [0.15, 0.2) is 53.7 Å². The van der Waals surface area contributed by atoms with Crippen LogP contribution in [0.3, 0.4) is 0 Å². The molecule has 1 atom stereocenters. The highest BCUT2D eigenvalue weighted by Gasteiger charge is 2.18. The molecule has 118 valence electrons. The molecule has 0 saturated heterocycles.